The van der Waals surface area contributed by atoms with Crippen molar-refractivity contribution in [2.45, 2.75) is 32.4 Å². The van der Waals surface area contributed by atoms with Crippen LogP contribution in [0.1, 0.15) is 25.1 Å². The van der Waals surface area contributed by atoms with Gasteiger partial charge >= 0.3 is 6.55 Å². The van der Waals surface area contributed by atoms with Crippen LogP contribution < -0.4 is 5.32 Å². The summed E-state index contributed by atoms with van der Waals surface area (Å²) in [6.45, 7) is -0.409. The van der Waals surface area contributed by atoms with E-state index in [-0.39, 0.29) is 11.7 Å². The number of carbonyl (C=O) groups is 1. The predicted octanol–water partition coefficient (Wildman–Crippen LogP) is 2.83. The van der Waals surface area contributed by atoms with Crippen LogP contribution in [-0.2, 0) is 9.53 Å². The number of halogens is 2. The standard InChI is InChI=1S/C13H14F2N4O2S/c1-7-9(10-16-4-5-19(10)12(14)15)22-13(17-7)18-11(20)8-3-2-6-21-8/h4-5,8,12H,2-3,6H2,1H3,(H,17,18,20). The van der Waals surface area contributed by atoms with Crippen LogP contribution in [0.2, 0.25) is 0 Å². The average molecular weight is 328 g/mol. The van der Waals surface area contributed by atoms with Crippen LogP contribution in [0.15, 0.2) is 12.4 Å². The molecule has 0 spiro atoms. The number of aryl methyl sites for hydroxylation is 1. The first kappa shape index (κ1) is 15.0. The second-order valence-electron chi connectivity index (χ2n) is 4.86. The summed E-state index contributed by atoms with van der Waals surface area (Å²) in [6, 6.07) is 0. The molecule has 1 fully saturated rings. The summed E-state index contributed by atoms with van der Waals surface area (Å²) >= 11 is 1.12. The second kappa shape index (κ2) is 6.09. The van der Waals surface area contributed by atoms with Gasteiger partial charge < -0.3 is 4.74 Å². The summed E-state index contributed by atoms with van der Waals surface area (Å²) < 4.78 is 31.9. The molecule has 0 radical (unpaired) electrons. The molecule has 0 bridgehead atoms. The SMILES string of the molecule is Cc1nc(NC(=O)C2CCCO2)sc1-c1nccn1C(F)F. The van der Waals surface area contributed by atoms with Crippen molar-refractivity contribution in [2.24, 2.45) is 0 Å². The Balaban J connectivity index is 1.81. The van der Waals surface area contributed by atoms with E-state index < -0.39 is 12.7 Å². The molecule has 0 saturated carbocycles. The van der Waals surface area contributed by atoms with E-state index in [2.05, 4.69) is 15.3 Å². The van der Waals surface area contributed by atoms with Crippen molar-refractivity contribution < 1.29 is 18.3 Å². The lowest BCUT2D eigenvalue weighted by molar-refractivity contribution is -0.124. The number of carbonyl (C=O) groups excluding carboxylic acids is 1. The van der Waals surface area contributed by atoms with E-state index >= 15 is 0 Å². The summed E-state index contributed by atoms with van der Waals surface area (Å²) in [5.74, 6) is -0.113. The minimum Gasteiger partial charge on any atom is -0.368 e. The molecule has 118 valence electrons. The first-order chi connectivity index (χ1) is 10.6. The van der Waals surface area contributed by atoms with Crippen molar-refractivity contribution >= 4 is 22.4 Å². The number of ether oxygens (including phenoxy) is 1. The average Bonchev–Trinajstić information content (AvgIpc) is 3.17. The fourth-order valence-corrected chi connectivity index (χ4v) is 3.24. The van der Waals surface area contributed by atoms with Gasteiger partial charge in [0.2, 0.25) is 0 Å². The van der Waals surface area contributed by atoms with Gasteiger partial charge in [0.25, 0.3) is 5.91 Å². The zero-order valence-electron chi connectivity index (χ0n) is 11.8. The van der Waals surface area contributed by atoms with E-state index in [4.69, 9.17) is 4.74 Å². The smallest absolute Gasteiger partial charge is 0.320 e. The van der Waals surface area contributed by atoms with Crippen molar-refractivity contribution in [3.05, 3.63) is 18.1 Å². The van der Waals surface area contributed by atoms with Crippen LogP contribution in [0, 0.1) is 6.92 Å². The fraction of sp³-hybridized carbons (Fsp3) is 0.462. The van der Waals surface area contributed by atoms with Gasteiger partial charge in [0, 0.05) is 19.0 Å². The number of nitrogens with one attached hydrogen (secondary N) is 1. The van der Waals surface area contributed by atoms with Crippen LogP contribution in [0.3, 0.4) is 0 Å². The van der Waals surface area contributed by atoms with Gasteiger partial charge in [-0.1, -0.05) is 11.3 Å². The number of nitrogens with zero attached hydrogens (tertiary/aromatic N) is 3. The molecular weight excluding hydrogens is 314 g/mol. The molecule has 1 atom stereocenters. The Morgan fingerprint density at radius 2 is 2.41 bits per heavy atom. The maximum atomic E-state index is 12.9. The molecular formula is C13H14F2N4O2S. The lowest BCUT2D eigenvalue weighted by Crippen LogP contribution is -2.26. The number of hydrogen-bond donors (Lipinski definition) is 1. The summed E-state index contributed by atoms with van der Waals surface area (Å²) in [6.07, 6.45) is 3.59. The van der Waals surface area contributed by atoms with Crippen molar-refractivity contribution in [1.82, 2.24) is 14.5 Å². The molecule has 6 nitrogen and oxygen atoms in total. The Hall–Kier alpha value is -1.87. The topological polar surface area (TPSA) is 69.0 Å². The number of rotatable bonds is 4. The summed E-state index contributed by atoms with van der Waals surface area (Å²) in [4.78, 5) is 20.7. The molecule has 1 N–H and O–H groups in total. The Kier molecular flexibility index (Phi) is 4.16. The Morgan fingerprint density at radius 1 is 1.59 bits per heavy atom. The lowest BCUT2D eigenvalue weighted by atomic mass is 10.2. The molecule has 0 aromatic carbocycles. The molecule has 1 saturated heterocycles. The van der Waals surface area contributed by atoms with Crippen molar-refractivity contribution in [3.8, 4) is 10.7 Å². The third kappa shape index (κ3) is 2.86. The first-order valence-corrected chi connectivity index (χ1v) is 7.59. The van der Waals surface area contributed by atoms with Crippen molar-refractivity contribution in [2.75, 3.05) is 11.9 Å². The third-order valence-corrected chi connectivity index (χ3v) is 4.40. The predicted molar refractivity (Wildman–Crippen MR) is 76.9 cm³/mol. The first-order valence-electron chi connectivity index (χ1n) is 6.77. The summed E-state index contributed by atoms with van der Waals surface area (Å²) in [5, 5.41) is 3.03. The molecule has 2 aromatic heterocycles. The Labute approximate surface area is 129 Å². The highest BCUT2D eigenvalue weighted by molar-refractivity contribution is 7.19. The van der Waals surface area contributed by atoms with Crippen LogP contribution in [0.4, 0.5) is 13.9 Å². The van der Waals surface area contributed by atoms with E-state index in [0.29, 0.717) is 28.7 Å². The van der Waals surface area contributed by atoms with Crippen LogP contribution >= 0.6 is 11.3 Å². The van der Waals surface area contributed by atoms with E-state index in [1.54, 1.807) is 6.92 Å². The summed E-state index contributed by atoms with van der Waals surface area (Å²) in [5.41, 5.74) is 0.542. The lowest BCUT2D eigenvalue weighted by Gasteiger charge is -2.07. The van der Waals surface area contributed by atoms with E-state index in [0.717, 1.165) is 22.3 Å². The maximum Gasteiger partial charge on any atom is 0.320 e. The Bertz CT molecular complexity index is 679. The van der Waals surface area contributed by atoms with Gasteiger partial charge in [0.05, 0.1) is 10.6 Å². The highest BCUT2D eigenvalue weighted by atomic mass is 32.1. The molecule has 3 rings (SSSR count). The minimum atomic E-state index is -2.68. The van der Waals surface area contributed by atoms with Gasteiger partial charge in [-0.05, 0) is 19.8 Å². The van der Waals surface area contributed by atoms with Gasteiger partial charge in [-0.15, -0.1) is 0 Å². The van der Waals surface area contributed by atoms with Crippen molar-refractivity contribution in [1.29, 1.82) is 0 Å². The largest absolute Gasteiger partial charge is 0.368 e. The van der Waals surface area contributed by atoms with Gasteiger partial charge in [-0.25, -0.2) is 9.97 Å². The highest BCUT2D eigenvalue weighted by Crippen LogP contribution is 2.33. The molecule has 3 heterocycles. The Morgan fingerprint density at radius 3 is 3.09 bits per heavy atom. The molecule has 1 amide bonds. The molecule has 2 aromatic rings. The quantitative estimate of drug-likeness (QED) is 0.937. The van der Waals surface area contributed by atoms with Gasteiger partial charge in [0.1, 0.15) is 6.10 Å². The number of hydrogen-bond acceptors (Lipinski definition) is 5. The fourth-order valence-electron chi connectivity index (χ4n) is 2.27. The van der Waals surface area contributed by atoms with E-state index in [1.165, 1.54) is 12.4 Å². The van der Waals surface area contributed by atoms with Gasteiger partial charge in [-0.2, -0.15) is 8.78 Å². The summed E-state index contributed by atoms with van der Waals surface area (Å²) in [7, 11) is 0. The maximum absolute atomic E-state index is 12.9. The van der Waals surface area contributed by atoms with Gasteiger partial charge in [-0.3, -0.25) is 14.7 Å². The van der Waals surface area contributed by atoms with Gasteiger partial charge in [0.15, 0.2) is 11.0 Å². The minimum absolute atomic E-state index is 0.141. The van der Waals surface area contributed by atoms with E-state index in [9.17, 15) is 13.6 Å². The van der Waals surface area contributed by atoms with Crippen molar-refractivity contribution in [3.63, 3.8) is 0 Å². The molecule has 1 unspecified atom stereocenters. The number of thiazole rings is 1. The zero-order chi connectivity index (χ0) is 15.7. The van der Waals surface area contributed by atoms with Crippen LogP contribution in [0.5, 0.6) is 0 Å². The zero-order valence-corrected chi connectivity index (χ0v) is 12.6. The third-order valence-electron chi connectivity index (χ3n) is 3.33. The molecule has 1 aliphatic heterocycles. The number of aromatic nitrogens is 3. The molecule has 22 heavy (non-hydrogen) atoms. The number of imidazole rings is 1. The number of amides is 1. The number of anilines is 1. The van der Waals surface area contributed by atoms with E-state index in [1.807, 2.05) is 0 Å². The monoisotopic (exact) mass is 328 g/mol. The van der Waals surface area contributed by atoms with Crippen LogP contribution in [-0.4, -0.2) is 33.2 Å². The molecule has 9 heteroatoms. The normalized spacial score (nSPS) is 18.1. The molecule has 1 aliphatic rings. The second-order valence-corrected chi connectivity index (χ2v) is 5.86. The highest BCUT2D eigenvalue weighted by Gasteiger charge is 2.25. The van der Waals surface area contributed by atoms with Crippen LogP contribution in [0.25, 0.3) is 10.7 Å². The number of alkyl halides is 2. The molecule has 0 aliphatic carbocycles.